The highest BCUT2D eigenvalue weighted by Crippen LogP contribution is 2.22. The van der Waals surface area contributed by atoms with E-state index in [4.69, 9.17) is 4.74 Å². The number of hydrogen-bond acceptors (Lipinski definition) is 5. The molecule has 2 rings (SSSR count). The molecular weight excluding hydrogens is 248 g/mol. The summed E-state index contributed by atoms with van der Waals surface area (Å²) in [4.78, 5) is 34.4. The van der Waals surface area contributed by atoms with Gasteiger partial charge < -0.3 is 4.74 Å². The number of carbonyl (C=O) groups is 2. The third kappa shape index (κ3) is 3.49. The van der Waals surface area contributed by atoms with E-state index in [-0.39, 0.29) is 35.4 Å². The van der Waals surface area contributed by atoms with Crippen LogP contribution in [0.3, 0.4) is 0 Å². The fourth-order valence-corrected chi connectivity index (χ4v) is 2.06. The van der Waals surface area contributed by atoms with E-state index in [2.05, 4.69) is 10.2 Å². The van der Waals surface area contributed by atoms with Crippen LogP contribution in [-0.4, -0.2) is 21.9 Å². The molecule has 6 heteroatoms. The second kappa shape index (κ2) is 5.77. The average molecular weight is 264 g/mol. The number of aromatic amines is 1. The standard InChI is InChI=1S/C13H16N2O4/c1-8-6-12(17)11(15-14-8)7-19-13(18)9-2-4-10(16)5-3-9/h6,9H,2-5,7H2,1H3,(H,14,17). The number of hydrogen-bond donors (Lipinski definition) is 1. The van der Waals surface area contributed by atoms with Crippen molar-refractivity contribution in [3.05, 3.63) is 27.7 Å². The largest absolute Gasteiger partial charge is 0.459 e. The Hall–Kier alpha value is -1.98. The van der Waals surface area contributed by atoms with E-state index in [0.29, 0.717) is 31.4 Å². The van der Waals surface area contributed by atoms with Crippen molar-refractivity contribution in [1.82, 2.24) is 10.2 Å². The van der Waals surface area contributed by atoms with E-state index in [1.54, 1.807) is 6.92 Å². The van der Waals surface area contributed by atoms with Gasteiger partial charge in [-0.05, 0) is 19.8 Å². The van der Waals surface area contributed by atoms with Crippen molar-refractivity contribution in [3.8, 4) is 0 Å². The molecule has 1 aromatic rings. The van der Waals surface area contributed by atoms with Crippen molar-refractivity contribution in [1.29, 1.82) is 0 Å². The Labute approximate surface area is 110 Å². The molecule has 1 aromatic heterocycles. The number of aromatic nitrogens is 2. The maximum Gasteiger partial charge on any atom is 0.309 e. The van der Waals surface area contributed by atoms with Crippen LogP contribution in [0.4, 0.5) is 0 Å². The van der Waals surface area contributed by atoms with Crippen molar-refractivity contribution < 1.29 is 14.3 Å². The van der Waals surface area contributed by atoms with E-state index in [1.807, 2.05) is 0 Å². The molecule has 102 valence electrons. The number of aryl methyl sites for hydroxylation is 1. The Bertz CT molecular complexity index is 540. The summed E-state index contributed by atoms with van der Waals surface area (Å²) in [7, 11) is 0. The summed E-state index contributed by atoms with van der Waals surface area (Å²) in [5, 5.41) is 6.50. The Kier molecular flexibility index (Phi) is 4.09. The second-order valence-corrected chi connectivity index (χ2v) is 4.78. The Morgan fingerprint density at radius 3 is 2.74 bits per heavy atom. The van der Waals surface area contributed by atoms with Gasteiger partial charge in [0.2, 0.25) is 5.43 Å². The molecule has 1 fully saturated rings. The highest BCUT2D eigenvalue weighted by Gasteiger charge is 2.26. The van der Waals surface area contributed by atoms with E-state index < -0.39 is 0 Å². The highest BCUT2D eigenvalue weighted by atomic mass is 16.5. The van der Waals surface area contributed by atoms with E-state index >= 15 is 0 Å². The summed E-state index contributed by atoms with van der Waals surface area (Å²) in [6.45, 7) is 1.60. The van der Waals surface area contributed by atoms with Crippen LogP contribution >= 0.6 is 0 Å². The molecule has 19 heavy (non-hydrogen) atoms. The van der Waals surface area contributed by atoms with Crippen LogP contribution in [0.2, 0.25) is 0 Å². The lowest BCUT2D eigenvalue weighted by molar-refractivity contribution is -0.151. The number of ketones is 1. The molecule has 0 atom stereocenters. The number of nitrogens with one attached hydrogen (secondary N) is 1. The summed E-state index contributed by atoms with van der Waals surface area (Å²) in [6, 6.07) is 1.41. The third-order valence-electron chi connectivity index (χ3n) is 3.23. The summed E-state index contributed by atoms with van der Waals surface area (Å²) >= 11 is 0. The van der Waals surface area contributed by atoms with E-state index in [1.165, 1.54) is 6.07 Å². The first kappa shape index (κ1) is 13.5. The molecule has 0 aliphatic heterocycles. The zero-order valence-corrected chi connectivity index (χ0v) is 10.8. The minimum atomic E-state index is -0.353. The number of carbonyl (C=O) groups excluding carboxylic acids is 2. The van der Waals surface area contributed by atoms with E-state index in [9.17, 15) is 14.4 Å². The van der Waals surface area contributed by atoms with E-state index in [0.717, 1.165) is 0 Å². The van der Waals surface area contributed by atoms with Gasteiger partial charge in [0.15, 0.2) is 0 Å². The van der Waals surface area contributed by atoms with Gasteiger partial charge in [0.25, 0.3) is 0 Å². The average Bonchev–Trinajstić information content (AvgIpc) is 2.38. The monoisotopic (exact) mass is 264 g/mol. The maximum absolute atomic E-state index is 11.8. The molecule has 0 unspecified atom stereocenters. The summed E-state index contributed by atoms with van der Waals surface area (Å²) in [6.07, 6.45) is 1.94. The van der Waals surface area contributed by atoms with Crippen LogP contribution in [0, 0.1) is 12.8 Å². The van der Waals surface area contributed by atoms with Crippen LogP contribution in [0.15, 0.2) is 10.9 Å². The van der Waals surface area contributed by atoms with Crippen molar-refractivity contribution in [2.24, 2.45) is 5.92 Å². The van der Waals surface area contributed by atoms with Gasteiger partial charge in [-0.2, -0.15) is 5.10 Å². The van der Waals surface area contributed by atoms with Crippen LogP contribution in [-0.2, 0) is 20.9 Å². The zero-order valence-electron chi connectivity index (χ0n) is 10.8. The predicted octanol–water partition coefficient (Wildman–Crippen LogP) is 0.881. The lowest BCUT2D eigenvalue weighted by Crippen LogP contribution is -2.25. The van der Waals surface area contributed by atoms with Crippen LogP contribution in [0.5, 0.6) is 0 Å². The molecule has 0 aromatic carbocycles. The Balaban J connectivity index is 1.90. The molecule has 1 heterocycles. The van der Waals surface area contributed by atoms with Crippen LogP contribution in [0.25, 0.3) is 0 Å². The van der Waals surface area contributed by atoms with Gasteiger partial charge in [-0.3, -0.25) is 19.5 Å². The lowest BCUT2D eigenvalue weighted by atomic mass is 9.88. The normalized spacial score (nSPS) is 16.4. The van der Waals surface area contributed by atoms with Gasteiger partial charge >= 0.3 is 5.97 Å². The molecule has 1 N–H and O–H groups in total. The molecular formula is C13H16N2O4. The smallest absolute Gasteiger partial charge is 0.309 e. The number of nitrogens with zero attached hydrogens (tertiary/aromatic N) is 1. The minimum absolute atomic E-state index is 0.126. The molecule has 0 saturated heterocycles. The maximum atomic E-state index is 11.8. The molecule has 1 aliphatic carbocycles. The van der Waals surface area contributed by atoms with Crippen molar-refractivity contribution in [2.45, 2.75) is 39.2 Å². The van der Waals surface area contributed by atoms with Gasteiger partial charge in [0.05, 0.1) is 5.92 Å². The van der Waals surface area contributed by atoms with Crippen LogP contribution in [0.1, 0.15) is 37.1 Å². The third-order valence-corrected chi connectivity index (χ3v) is 3.23. The molecule has 1 saturated carbocycles. The number of H-pyrrole nitrogens is 1. The first-order valence-corrected chi connectivity index (χ1v) is 6.30. The van der Waals surface area contributed by atoms with Gasteiger partial charge in [0, 0.05) is 24.6 Å². The second-order valence-electron chi connectivity index (χ2n) is 4.78. The molecule has 0 spiro atoms. The number of esters is 1. The fraction of sp³-hybridized carbons (Fsp3) is 0.538. The van der Waals surface area contributed by atoms with Gasteiger partial charge in [0.1, 0.15) is 18.1 Å². The first-order valence-electron chi connectivity index (χ1n) is 6.30. The lowest BCUT2D eigenvalue weighted by Gasteiger charge is -2.19. The molecule has 0 bridgehead atoms. The van der Waals surface area contributed by atoms with Gasteiger partial charge in [-0.25, -0.2) is 0 Å². The first-order chi connectivity index (χ1) is 9.06. The topological polar surface area (TPSA) is 89.1 Å². The minimum Gasteiger partial charge on any atom is -0.459 e. The summed E-state index contributed by atoms with van der Waals surface area (Å²) < 4.78 is 5.09. The fourth-order valence-electron chi connectivity index (χ4n) is 2.06. The zero-order chi connectivity index (χ0) is 13.8. The Morgan fingerprint density at radius 1 is 1.42 bits per heavy atom. The van der Waals surface area contributed by atoms with Crippen molar-refractivity contribution in [3.63, 3.8) is 0 Å². The highest BCUT2D eigenvalue weighted by molar-refractivity contribution is 5.82. The number of rotatable bonds is 3. The molecule has 1 aliphatic rings. The summed E-state index contributed by atoms with van der Waals surface area (Å²) in [5.41, 5.74) is 0.597. The summed E-state index contributed by atoms with van der Waals surface area (Å²) in [5.74, 6) is -0.391. The van der Waals surface area contributed by atoms with Crippen molar-refractivity contribution in [2.75, 3.05) is 0 Å². The van der Waals surface area contributed by atoms with Gasteiger partial charge in [-0.15, -0.1) is 0 Å². The molecule has 6 nitrogen and oxygen atoms in total. The van der Waals surface area contributed by atoms with Gasteiger partial charge in [-0.1, -0.05) is 0 Å². The molecule has 0 radical (unpaired) electrons. The Morgan fingerprint density at radius 2 is 2.11 bits per heavy atom. The van der Waals surface area contributed by atoms with Crippen LogP contribution < -0.4 is 5.43 Å². The SMILES string of the molecule is Cc1cc(=O)c(COC(=O)C2CCC(=O)CC2)n[nH]1. The predicted molar refractivity (Wildman–Crippen MR) is 66.4 cm³/mol. The number of Topliss-reactive ketones (excluding diaryl/α,β-unsaturated/α-hetero) is 1. The molecule has 0 amide bonds. The quantitative estimate of drug-likeness (QED) is 0.818. The van der Waals surface area contributed by atoms with Crippen molar-refractivity contribution >= 4 is 11.8 Å². The number of ether oxygens (including phenoxy) is 1.